The third-order valence-corrected chi connectivity index (χ3v) is 5.08. The maximum Gasteiger partial charge on any atom is 0.333 e. The number of nitrogens with zero attached hydrogens (tertiary/aromatic N) is 2. The Balaban J connectivity index is 1.79. The molecule has 0 aliphatic carbocycles. The predicted molar refractivity (Wildman–Crippen MR) is 119 cm³/mol. The molecule has 162 valence electrons. The van der Waals surface area contributed by atoms with Crippen LogP contribution in [0, 0.1) is 5.92 Å². The average Bonchev–Trinajstić information content (AvgIpc) is 2.76. The summed E-state index contributed by atoms with van der Waals surface area (Å²) in [5, 5.41) is 9.51. The number of carbonyl (C=O) groups excluding carboxylic acids is 1. The molecular weight excluding hydrogens is 376 g/mol. The smallest absolute Gasteiger partial charge is 0.333 e. The van der Waals surface area contributed by atoms with Gasteiger partial charge in [-0.15, -0.1) is 0 Å². The van der Waals surface area contributed by atoms with Crippen LogP contribution in [-0.4, -0.2) is 34.3 Å². The summed E-state index contributed by atoms with van der Waals surface area (Å²) in [6.07, 6.45) is 10.9. The molecule has 2 rings (SSSR count). The van der Waals surface area contributed by atoms with Crippen molar-refractivity contribution in [2.24, 2.45) is 5.92 Å². The van der Waals surface area contributed by atoms with Crippen molar-refractivity contribution in [3.63, 3.8) is 0 Å². The number of carbonyl (C=O) groups is 1. The van der Waals surface area contributed by atoms with Crippen molar-refractivity contribution in [3.05, 3.63) is 71.3 Å². The van der Waals surface area contributed by atoms with Crippen molar-refractivity contribution < 1.29 is 14.6 Å². The molecule has 1 unspecified atom stereocenters. The van der Waals surface area contributed by atoms with E-state index < -0.39 is 5.97 Å². The molecule has 1 heterocycles. The molecular formula is C25H34N2O3. The number of aryl methyl sites for hydroxylation is 3. The van der Waals surface area contributed by atoms with Gasteiger partial charge in [-0.05, 0) is 49.3 Å². The van der Waals surface area contributed by atoms with E-state index in [1.165, 1.54) is 30.4 Å². The second-order valence-corrected chi connectivity index (χ2v) is 7.91. The van der Waals surface area contributed by atoms with Crippen molar-refractivity contribution in [2.45, 2.75) is 58.8 Å². The summed E-state index contributed by atoms with van der Waals surface area (Å²) < 4.78 is 5.12. The Morgan fingerprint density at radius 1 is 1.03 bits per heavy atom. The number of hydrogen-bond acceptors (Lipinski definition) is 5. The van der Waals surface area contributed by atoms with E-state index in [4.69, 9.17) is 4.74 Å². The summed E-state index contributed by atoms with van der Waals surface area (Å²) in [6.45, 7) is 7.41. The Morgan fingerprint density at radius 3 is 2.20 bits per heavy atom. The molecule has 1 atom stereocenters. The summed E-state index contributed by atoms with van der Waals surface area (Å²) >= 11 is 0. The fourth-order valence-electron chi connectivity index (χ4n) is 3.11. The number of ether oxygens (including phenoxy) is 1. The first-order valence-electron chi connectivity index (χ1n) is 10.8. The Bertz CT molecular complexity index is 785. The van der Waals surface area contributed by atoms with Crippen molar-refractivity contribution in [2.75, 3.05) is 13.2 Å². The molecule has 5 nitrogen and oxygen atoms in total. The molecule has 30 heavy (non-hydrogen) atoms. The summed E-state index contributed by atoms with van der Waals surface area (Å²) in [4.78, 5) is 20.3. The highest BCUT2D eigenvalue weighted by Crippen LogP contribution is 2.12. The van der Waals surface area contributed by atoms with Crippen LogP contribution >= 0.6 is 0 Å². The fraction of sp³-hybridized carbons (Fsp3) is 0.480. The molecule has 0 radical (unpaired) electrons. The van der Waals surface area contributed by atoms with E-state index in [1.54, 1.807) is 6.92 Å². The SMILES string of the molecule is C=C(C)C(=O)OCC(CO)Cc1ncc(CCc2ccc(CCCCC)cc2)cn1. The Hall–Kier alpha value is -2.53. The van der Waals surface area contributed by atoms with Crippen LogP contribution in [-0.2, 0) is 35.2 Å². The fourth-order valence-corrected chi connectivity index (χ4v) is 3.11. The lowest BCUT2D eigenvalue weighted by atomic mass is 10.0. The summed E-state index contributed by atoms with van der Waals surface area (Å²) in [5.74, 6) is -0.0331. The van der Waals surface area contributed by atoms with Crippen molar-refractivity contribution >= 4 is 5.97 Å². The molecule has 1 aromatic carbocycles. The topological polar surface area (TPSA) is 72.3 Å². The monoisotopic (exact) mass is 410 g/mol. The normalized spacial score (nSPS) is 11.8. The maximum atomic E-state index is 11.5. The van der Waals surface area contributed by atoms with E-state index in [9.17, 15) is 9.90 Å². The summed E-state index contributed by atoms with van der Waals surface area (Å²) in [7, 11) is 0. The maximum absolute atomic E-state index is 11.5. The highest BCUT2D eigenvalue weighted by Gasteiger charge is 2.14. The molecule has 2 aromatic rings. The van der Waals surface area contributed by atoms with Gasteiger partial charge < -0.3 is 9.84 Å². The standard InChI is InChI=1S/C25H34N2O3/c1-4-5-6-7-20-8-10-21(11-9-20)12-13-22-15-26-24(27-16-22)14-23(17-28)18-30-25(29)19(2)3/h8-11,15-16,23,28H,2,4-7,12-14,17-18H2,1,3H3. The molecule has 0 bridgehead atoms. The molecule has 1 N–H and O–H groups in total. The Labute approximate surface area is 180 Å². The number of benzene rings is 1. The Kier molecular flexibility index (Phi) is 10.2. The van der Waals surface area contributed by atoms with Crippen molar-refractivity contribution in [1.29, 1.82) is 0 Å². The number of aliphatic hydroxyl groups excluding tert-OH is 1. The average molecular weight is 411 g/mol. The Morgan fingerprint density at radius 2 is 1.63 bits per heavy atom. The third kappa shape index (κ3) is 8.46. The molecule has 0 fully saturated rings. The zero-order valence-corrected chi connectivity index (χ0v) is 18.3. The van der Waals surface area contributed by atoms with Gasteiger partial charge in [0.05, 0.1) is 6.61 Å². The minimum absolute atomic E-state index is 0.0942. The third-order valence-electron chi connectivity index (χ3n) is 5.08. The van der Waals surface area contributed by atoms with Crippen LogP contribution in [0.2, 0.25) is 0 Å². The first-order valence-corrected chi connectivity index (χ1v) is 10.8. The van der Waals surface area contributed by atoms with Crippen LogP contribution in [0.3, 0.4) is 0 Å². The van der Waals surface area contributed by atoms with Crippen LogP contribution in [0.15, 0.2) is 48.8 Å². The number of rotatable bonds is 13. The van der Waals surface area contributed by atoms with Crippen LogP contribution < -0.4 is 0 Å². The highest BCUT2D eigenvalue weighted by atomic mass is 16.5. The van der Waals surface area contributed by atoms with Gasteiger partial charge in [0.15, 0.2) is 0 Å². The van der Waals surface area contributed by atoms with Gasteiger partial charge in [0.1, 0.15) is 5.82 Å². The molecule has 0 spiro atoms. The highest BCUT2D eigenvalue weighted by molar-refractivity contribution is 5.86. The molecule has 0 saturated carbocycles. The van der Waals surface area contributed by atoms with Gasteiger partial charge in [-0.3, -0.25) is 0 Å². The van der Waals surface area contributed by atoms with Gasteiger partial charge in [-0.25, -0.2) is 14.8 Å². The molecule has 0 aliphatic heterocycles. The number of aliphatic hydroxyl groups is 1. The second kappa shape index (κ2) is 12.9. The lowest BCUT2D eigenvalue weighted by molar-refractivity contribution is -0.140. The van der Waals surface area contributed by atoms with Gasteiger partial charge in [0.2, 0.25) is 0 Å². The minimum atomic E-state index is -0.446. The molecule has 0 amide bonds. The largest absolute Gasteiger partial charge is 0.462 e. The second-order valence-electron chi connectivity index (χ2n) is 7.91. The van der Waals surface area contributed by atoms with E-state index in [0.717, 1.165) is 24.8 Å². The lowest BCUT2D eigenvalue weighted by Gasteiger charge is -2.13. The van der Waals surface area contributed by atoms with Gasteiger partial charge in [-0.1, -0.05) is 50.6 Å². The van der Waals surface area contributed by atoms with E-state index in [0.29, 0.717) is 17.8 Å². The predicted octanol–water partition coefficient (Wildman–Crippen LogP) is 4.26. The van der Waals surface area contributed by atoms with E-state index in [-0.39, 0.29) is 19.1 Å². The number of esters is 1. The number of unbranched alkanes of at least 4 members (excludes halogenated alkanes) is 2. The van der Waals surface area contributed by atoms with Gasteiger partial charge >= 0.3 is 5.97 Å². The van der Waals surface area contributed by atoms with Gasteiger partial charge in [0.25, 0.3) is 0 Å². The van der Waals surface area contributed by atoms with Gasteiger partial charge in [0, 0.05) is 36.9 Å². The number of hydrogen-bond donors (Lipinski definition) is 1. The van der Waals surface area contributed by atoms with Crippen molar-refractivity contribution in [1.82, 2.24) is 9.97 Å². The molecule has 0 saturated heterocycles. The minimum Gasteiger partial charge on any atom is -0.462 e. The van der Waals surface area contributed by atoms with E-state index >= 15 is 0 Å². The first kappa shape index (κ1) is 23.7. The zero-order chi connectivity index (χ0) is 21.8. The molecule has 0 aliphatic rings. The van der Waals surface area contributed by atoms with Crippen molar-refractivity contribution in [3.8, 4) is 0 Å². The van der Waals surface area contributed by atoms with Crippen LogP contribution in [0.1, 0.15) is 55.6 Å². The van der Waals surface area contributed by atoms with E-state index in [1.807, 2.05) is 12.4 Å². The first-order chi connectivity index (χ1) is 14.5. The van der Waals surface area contributed by atoms with Crippen LogP contribution in [0.25, 0.3) is 0 Å². The summed E-state index contributed by atoms with van der Waals surface area (Å²) in [6, 6.07) is 8.91. The van der Waals surface area contributed by atoms with E-state index in [2.05, 4.69) is 47.7 Å². The van der Waals surface area contributed by atoms with Crippen LogP contribution in [0.5, 0.6) is 0 Å². The number of aromatic nitrogens is 2. The quantitative estimate of drug-likeness (QED) is 0.303. The van der Waals surface area contributed by atoms with Gasteiger partial charge in [-0.2, -0.15) is 0 Å². The zero-order valence-electron chi connectivity index (χ0n) is 18.3. The lowest BCUT2D eigenvalue weighted by Crippen LogP contribution is -2.20. The molecule has 5 heteroatoms. The molecule has 1 aromatic heterocycles. The summed E-state index contributed by atoms with van der Waals surface area (Å²) in [5.41, 5.74) is 4.16. The van der Waals surface area contributed by atoms with Crippen LogP contribution in [0.4, 0.5) is 0 Å².